The van der Waals surface area contributed by atoms with Crippen molar-refractivity contribution in [3.8, 4) is 11.1 Å². The third-order valence-corrected chi connectivity index (χ3v) is 5.51. The molecule has 0 bridgehead atoms. The number of piperazine rings is 1. The molecular formula is C23H23N7O. The number of pyridine rings is 3. The number of nitrogens with one attached hydrogen (secondary N) is 1. The van der Waals surface area contributed by atoms with E-state index in [0.29, 0.717) is 5.56 Å². The fraction of sp³-hybridized carbons (Fsp3) is 0.261. The first kappa shape index (κ1) is 19.3. The molecule has 4 aromatic rings. The Morgan fingerprint density at radius 2 is 1.90 bits per heavy atom. The van der Waals surface area contributed by atoms with Crippen LogP contribution in [0.4, 0.5) is 5.82 Å². The maximum Gasteiger partial charge on any atom is 0.169 e. The number of nitrogens with zero attached hydrogens (tertiary/aromatic N) is 6. The fourth-order valence-electron chi connectivity index (χ4n) is 3.83. The van der Waals surface area contributed by atoms with Gasteiger partial charge in [-0.1, -0.05) is 0 Å². The van der Waals surface area contributed by atoms with Gasteiger partial charge in [-0.15, -0.1) is 0 Å². The zero-order valence-corrected chi connectivity index (χ0v) is 17.3. The number of aryl methyl sites for hydroxylation is 1. The van der Waals surface area contributed by atoms with Gasteiger partial charge in [-0.3, -0.25) is 19.4 Å². The summed E-state index contributed by atoms with van der Waals surface area (Å²) in [5.74, 6) is 0.881. The van der Waals surface area contributed by atoms with Gasteiger partial charge in [0.15, 0.2) is 5.78 Å². The Labute approximate surface area is 180 Å². The van der Waals surface area contributed by atoms with Crippen LogP contribution in [-0.2, 0) is 13.5 Å². The van der Waals surface area contributed by atoms with E-state index in [-0.39, 0.29) is 12.2 Å². The first-order valence-electron chi connectivity index (χ1n) is 10.3. The molecule has 0 aliphatic carbocycles. The minimum absolute atomic E-state index is 0.0296. The van der Waals surface area contributed by atoms with Crippen LogP contribution in [0.25, 0.3) is 22.0 Å². The molecule has 0 spiro atoms. The normalized spacial score (nSPS) is 14.2. The molecule has 1 aliphatic heterocycles. The van der Waals surface area contributed by atoms with Crippen molar-refractivity contribution in [2.24, 2.45) is 7.05 Å². The Balaban J connectivity index is 1.37. The summed E-state index contributed by atoms with van der Waals surface area (Å²) in [6.07, 6.45) is 9.26. The van der Waals surface area contributed by atoms with Crippen molar-refractivity contribution in [1.82, 2.24) is 30.0 Å². The van der Waals surface area contributed by atoms with Crippen molar-refractivity contribution in [2.75, 3.05) is 31.1 Å². The van der Waals surface area contributed by atoms with E-state index in [4.69, 9.17) is 0 Å². The fourth-order valence-corrected chi connectivity index (χ4v) is 3.83. The van der Waals surface area contributed by atoms with Crippen molar-refractivity contribution >= 4 is 22.5 Å². The van der Waals surface area contributed by atoms with E-state index in [1.54, 1.807) is 23.1 Å². The smallest absolute Gasteiger partial charge is 0.169 e. The van der Waals surface area contributed by atoms with Crippen LogP contribution in [0, 0.1) is 0 Å². The third kappa shape index (κ3) is 4.15. The lowest BCUT2D eigenvalue weighted by Gasteiger charge is -2.28. The van der Waals surface area contributed by atoms with Crippen LogP contribution in [-0.4, -0.2) is 56.7 Å². The van der Waals surface area contributed by atoms with E-state index in [1.165, 1.54) is 0 Å². The maximum absolute atomic E-state index is 13.0. The predicted octanol–water partition coefficient (Wildman–Crippen LogP) is 2.26. The number of aromatic nitrogens is 5. The van der Waals surface area contributed by atoms with E-state index in [1.807, 2.05) is 37.8 Å². The zero-order valence-electron chi connectivity index (χ0n) is 17.3. The van der Waals surface area contributed by atoms with Gasteiger partial charge in [-0.2, -0.15) is 5.10 Å². The van der Waals surface area contributed by atoms with Crippen molar-refractivity contribution in [3.05, 3.63) is 66.5 Å². The number of carbonyl (C=O) groups is 1. The largest absolute Gasteiger partial charge is 0.354 e. The van der Waals surface area contributed by atoms with Crippen LogP contribution in [0.3, 0.4) is 0 Å². The van der Waals surface area contributed by atoms with E-state index in [0.717, 1.165) is 59.7 Å². The number of hydrogen-bond donors (Lipinski definition) is 1. The van der Waals surface area contributed by atoms with Gasteiger partial charge in [0.1, 0.15) is 5.82 Å². The molecule has 1 N–H and O–H groups in total. The molecule has 0 unspecified atom stereocenters. The number of fused-ring (bicyclic) bond motifs is 1. The molecule has 0 radical (unpaired) electrons. The lowest BCUT2D eigenvalue weighted by atomic mass is 10.0. The van der Waals surface area contributed by atoms with Gasteiger partial charge in [0.05, 0.1) is 24.3 Å². The number of Topliss-reactive ketones (excluding diaryl/α,β-unsaturated/α-hetero) is 1. The van der Waals surface area contributed by atoms with Crippen LogP contribution in [0.1, 0.15) is 16.1 Å². The van der Waals surface area contributed by atoms with Crippen molar-refractivity contribution in [2.45, 2.75) is 6.42 Å². The molecule has 1 fully saturated rings. The highest BCUT2D eigenvalue weighted by Crippen LogP contribution is 2.23. The molecule has 0 aromatic carbocycles. The predicted molar refractivity (Wildman–Crippen MR) is 119 cm³/mol. The third-order valence-electron chi connectivity index (χ3n) is 5.51. The van der Waals surface area contributed by atoms with Crippen LogP contribution >= 0.6 is 0 Å². The maximum atomic E-state index is 13.0. The second-order valence-electron chi connectivity index (χ2n) is 7.73. The molecule has 0 saturated carbocycles. The summed E-state index contributed by atoms with van der Waals surface area (Å²) < 4.78 is 1.76. The summed E-state index contributed by atoms with van der Waals surface area (Å²) in [4.78, 5) is 28.6. The first-order valence-corrected chi connectivity index (χ1v) is 10.3. The lowest BCUT2D eigenvalue weighted by molar-refractivity contribution is 0.0992. The SMILES string of the molecule is Cn1cc(-c2cnc3cnc(CC(=O)c4ccnc(N5CCNCC5)c4)cc3c2)cn1. The number of anilines is 1. The van der Waals surface area contributed by atoms with E-state index < -0.39 is 0 Å². The Hall–Kier alpha value is -3.65. The van der Waals surface area contributed by atoms with Crippen LogP contribution in [0.5, 0.6) is 0 Å². The minimum Gasteiger partial charge on any atom is -0.354 e. The van der Waals surface area contributed by atoms with Crippen molar-refractivity contribution in [1.29, 1.82) is 0 Å². The van der Waals surface area contributed by atoms with Gasteiger partial charge >= 0.3 is 0 Å². The number of carbonyl (C=O) groups excluding carboxylic acids is 1. The number of hydrogen-bond acceptors (Lipinski definition) is 7. The molecule has 156 valence electrons. The molecule has 8 heteroatoms. The topological polar surface area (TPSA) is 88.8 Å². The molecular weight excluding hydrogens is 390 g/mol. The van der Waals surface area contributed by atoms with Gasteiger partial charge in [-0.05, 0) is 24.3 Å². The molecule has 31 heavy (non-hydrogen) atoms. The van der Waals surface area contributed by atoms with Gasteiger partial charge in [-0.25, -0.2) is 4.98 Å². The summed E-state index contributed by atoms with van der Waals surface area (Å²) in [5, 5.41) is 8.51. The Bertz CT molecular complexity index is 1240. The van der Waals surface area contributed by atoms with E-state index in [9.17, 15) is 4.79 Å². The Morgan fingerprint density at radius 1 is 1.03 bits per heavy atom. The second kappa shape index (κ2) is 8.23. The molecule has 5 heterocycles. The van der Waals surface area contributed by atoms with Crippen LogP contribution in [0.15, 0.2) is 55.2 Å². The second-order valence-corrected chi connectivity index (χ2v) is 7.73. The summed E-state index contributed by atoms with van der Waals surface area (Å²) in [6.45, 7) is 3.64. The van der Waals surface area contributed by atoms with Gasteiger partial charge in [0.2, 0.25) is 0 Å². The molecule has 0 atom stereocenters. The number of rotatable bonds is 5. The van der Waals surface area contributed by atoms with E-state index in [2.05, 4.69) is 36.3 Å². The highest BCUT2D eigenvalue weighted by molar-refractivity contribution is 5.98. The van der Waals surface area contributed by atoms with Crippen molar-refractivity contribution < 1.29 is 4.79 Å². The quantitative estimate of drug-likeness (QED) is 0.502. The summed E-state index contributed by atoms with van der Waals surface area (Å²) in [6, 6.07) is 7.66. The molecule has 5 rings (SSSR count). The van der Waals surface area contributed by atoms with Gasteiger partial charge in [0, 0.05) is 79.6 Å². The monoisotopic (exact) mass is 413 g/mol. The van der Waals surface area contributed by atoms with Crippen LogP contribution < -0.4 is 10.2 Å². The Kier molecular flexibility index (Phi) is 5.13. The van der Waals surface area contributed by atoms with E-state index >= 15 is 0 Å². The average Bonchev–Trinajstić information content (AvgIpc) is 3.25. The molecule has 0 amide bonds. The first-order chi connectivity index (χ1) is 15.2. The molecule has 4 aromatic heterocycles. The molecule has 1 saturated heterocycles. The summed E-state index contributed by atoms with van der Waals surface area (Å²) in [5.41, 5.74) is 4.17. The molecule has 8 nitrogen and oxygen atoms in total. The summed E-state index contributed by atoms with van der Waals surface area (Å²) >= 11 is 0. The highest BCUT2D eigenvalue weighted by Gasteiger charge is 2.15. The average molecular weight is 413 g/mol. The molecule has 1 aliphatic rings. The Morgan fingerprint density at radius 3 is 2.71 bits per heavy atom. The van der Waals surface area contributed by atoms with Gasteiger partial charge < -0.3 is 10.2 Å². The number of ketones is 1. The lowest BCUT2D eigenvalue weighted by Crippen LogP contribution is -2.43. The standard InChI is InChI=1S/C23H23N7O/c1-29-15-19(13-28-29)18-8-17-9-20(26-14-21(17)27-12-18)11-22(31)16-2-3-25-23(10-16)30-6-4-24-5-7-30/h2-3,8-10,12-15,24H,4-7,11H2,1H3. The minimum atomic E-state index is 0.0296. The highest BCUT2D eigenvalue weighted by atomic mass is 16.1. The zero-order chi connectivity index (χ0) is 21.2. The van der Waals surface area contributed by atoms with Crippen LogP contribution in [0.2, 0.25) is 0 Å². The van der Waals surface area contributed by atoms with Gasteiger partial charge in [0.25, 0.3) is 0 Å². The van der Waals surface area contributed by atoms with Crippen molar-refractivity contribution in [3.63, 3.8) is 0 Å². The summed E-state index contributed by atoms with van der Waals surface area (Å²) in [7, 11) is 1.89.